The summed E-state index contributed by atoms with van der Waals surface area (Å²) < 4.78 is 13.0. The van der Waals surface area contributed by atoms with Crippen LogP contribution in [0.1, 0.15) is 11.3 Å². The summed E-state index contributed by atoms with van der Waals surface area (Å²) in [6.07, 6.45) is 1.81. The van der Waals surface area contributed by atoms with Crippen molar-refractivity contribution in [2.75, 3.05) is 51.2 Å². The van der Waals surface area contributed by atoms with E-state index in [9.17, 15) is 9.18 Å². The van der Waals surface area contributed by atoms with Crippen LogP contribution in [0.2, 0.25) is 0 Å². The van der Waals surface area contributed by atoms with Gasteiger partial charge in [-0.15, -0.1) is 0 Å². The first-order chi connectivity index (χ1) is 13.5. The van der Waals surface area contributed by atoms with Crippen LogP contribution < -0.4 is 10.2 Å². The third-order valence-corrected chi connectivity index (χ3v) is 4.99. The van der Waals surface area contributed by atoms with Crippen LogP contribution >= 0.6 is 0 Å². The van der Waals surface area contributed by atoms with E-state index < -0.39 is 0 Å². The molecule has 1 N–H and O–H groups in total. The van der Waals surface area contributed by atoms with Gasteiger partial charge in [0.2, 0.25) is 0 Å². The van der Waals surface area contributed by atoms with E-state index in [1.54, 1.807) is 11.9 Å². The first-order valence-electron chi connectivity index (χ1n) is 9.64. The molecule has 1 saturated heterocycles. The summed E-state index contributed by atoms with van der Waals surface area (Å²) in [6.45, 7) is 7.57. The predicted octanol–water partition coefficient (Wildman–Crippen LogP) is 2.49. The number of rotatable bonds is 6. The van der Waals surface area contributed by atoms with E-state index in [1.807, 2.05) is 37.4 Å². The molecule has 2 heterocycles. The van der Waals surface area contributed by atoms with E-state index >= 15 is 0 Å². The quantitative estimate of drug-likeness (QED) is 0.830. The van der Waals surface area contributed by atoms with Crippen molar-refractivity contribution in [2.45, 2.75) is 13.5 Å². The highest BCUT2D eigenvalue weighted by Gasteiger charge is 2.17. The number of piperazine rings is 1. The van der Waals surface area contributed by atoms with Crippen LogP contribution in [0.15, 0.2) is 42.6 Å². The van der Waals surface area contributed by atoms with Crippen molar-refractivity contribution in [2.24, 2.45) is 0 Å². The lowest BCUT2D eigenvalue weighted by molar-refractivity contribution is 0.201. The van der Waals surface area contributed by atoms with Crippen molar-refractivity contribution in [3.8, 4) is 0 Å². The second-order valence-corrected chi connectivity index (χ2v) is 7.22. The van der Waals surface area contributed by atoms with Crippen molar-refractivity contribution >= 4 is 11.7 Å². The van der Waals surface area contributed by atoms with Crippen LogP contribution in [-0.4, -0.2) is 67.1 Å². The minimum absolute atomic E-state index is 0.0904. The smallest absolute Gasteiger partial charge is 0.317 e. The highest BCUT2D eigenvalue weighted by molar-refractivity contribution is 5.73. The van der Waals surface area contributed by atoms with E-state index in [0.717, 1.165) is 49.7 Å². The Bertz CT molecular complexity index is 757. The standard InChI is InChI=1S/C21H28FN5O/c1-17-3-6-19(24-15-17)16-25(2)21(28)23-9-10-26-11-13-27(14-12-26)20-7-4-18(22)5-8-20/h3-8,15H,9-14,16H2,1-2H3,(H,23,28). The lowest BCUT2D eigenvalue weighted by Crippen LogP contribution is -2.49. The second-order valence-electron chi connectivity index (χ2n) is 7.22. The number of hydrogen-bond acceptors (Lipinski definition) is 4. The number of benzene rings is 1. The molecule has 1 aromatic carbocycles. The molecule has 0 unspecified atom stereocenters. The normalized spacial score (nSPS) is 14.8. The maximum atomic E-state index is 13.0. The van der Waals surface area contributed by atoms with Crippen LogP contribution in [0.4, 0.5) is 14.9 Å². The number of anilines is 1. The van der Waals surface area contributed by atoms with E-state index in [1.165, 1.54) is 12.1 Å². The zero-order valence-electron chi connectivity index (χ0n) is 16.6. The Hall–Kier alpha value is -2.67. The number of halogens is 1. The van der Waals surface area contributed by atoms with Gasteiger partial charge in [0.1, 0.15) is 5.82 Å². The number of nitrogens with zero attached hydrogens (tertiary/aromatic N) is 4. The van der Waals surface area contributed by atoms with Crippen LogP contribution in [0.5, 0.6) is 0 Å². The molecule has 0 saturated carbocycles. The van der Waals surface area contributed by atoms with Crippen molar-refractivity contribution < 1.29 is 9.18 Å². The minimum atomic E-state index is -0.207. The number of carbonyl (C=O) groups excluding carboxylic acids is 1. The molecule has 0 bridgehead atoms. The number of urea groups is 1. The molecule has 3 rings (SSSR count). The summed E-state index contributed by atoms with van der Waals surface area (Å²) in [5.41, 5.74) is 3.04. The molecule has 1 aliphatic rings. The van der Waals surface area contributed by atoms with Gasteiger partial charge in [0.25, 0.3) is 0 Å². The third kappa shape index (κ3) is 5.66. The molecule has 0 radical (unpaired) electrons. The second kappa shape index (κ2) is 9.50. The fraction of sp³-hybridized carbons (Fsp3) is 0.429. The monoisotopic (exact) mass is 385 g/mol. The van der Waals surface area contributed by atoms with Gasteiger partial charge < -0.3 is 15.1 Å². The highest BCUT2D eigenvalue weighted by atomic mass is 19.1. The largest absolute Gasteiger partial charge is 0.369 e. The molecule has 1 aromatic heterocycles. The minimum Gasteiger partial charge on any atom is -0.369 e. The molecule has 0 spiro atoms. The van der Waals surface area contributed by atoms with Crippen LogP contribution in [-0.2, 0) is 6.54 Å². The van der Waals surface area contributed by atoms with Gasteiger partial charge in [-0.1, -0.05) is 6.07 Å². The Morgan fingerprint density at radius 1 is 1.14 bits per heavy atom. The van der Waals surface area contributed by atoms with Gasteiger partial charge in [-0.3, -0.25) is 9.88 Å². The summed E-state index contributed by atoms with van der Waals surface area (Å²) in [4.78, 5) is 22.8. The summed E-state index contributed by atoms with van der Waals surface area (Å²) >= 11 is 0. The van der Waals surface area contributed by atoms with E-state index in [2.05, 4.69) is 20.1 Å². The van der Waals surface area contributed by atoms with Gasteiger partial charge in [0, 0.05) is 58.2 Å². The van der Waals surface area contributed by atoms with Crippen LogP contribution in [0.25, 0.3) is 0 Å². The number of hydrogen-bond donors (Lipinski definition) is 1. The molecular formula is C21H28FN5O. The average Bonchev–Trinajstić information content (AvgIpc) is 2.71. The molecule has 1 aliphatic heterocycles. The average molecular weight is 385 g/mol. The van der Waals surface area contributed by atoms with Crippen molar-refractivity contribution in [1.29, 1.82) is 0 Å². The Morgan fingerprint density at radius 3 is 2.50 bits per heavy atom. The van der Waals surface area contributed by atoms with Crippen LogP contribution in [0, 0.1) is 12.7 Å². The van der Waals surface area contributed by atoms with Gasteiger partial charge >= 0.3 is 6.03 Å². The summed E-state index contributed by atoms with van der Waals surface area (Å²) in [5.74, 6) is -0.207. The summed E-state index contributed by atoms with van der Waals surface area (Å²) in [5, 5.41) is 2.97. The Morgan fingerprint density at radius 2 is 1.86 bits per heavy atom. The number of carbonyl (C=O) groups is 1. The Balaban J connectivity index is 1.35. The highest BCUT2D eigenvalue weighted by Crippen LogP contribution is 2.16. The zero-order chi connectivity index (χ0) is 19.9. The van der Waals surface area contributed by atoms with E-state index in [-0.39, 0.29) is 11.8 Å². The lowest BCUT2D eigenvalue weighted by atomic mass is 10.2. The molecule has 7 heteroatoms. The van der Waals surface area contributed by atoms with E-state index in [4.69, 9.17) is 0 Å². The number of aryl methyl sites for hydroxylation is 1. The number of aromatic nitrogens is 1. The van der Waals surface area contributed by atoms with Crippen molar-refractivity contribution in [3.05, 3.63) is 59.7 Å². The fourth-order valence-electron chi connectivity index (χ4n) is 3.24. The fourth-order valence-corrected chi connectivity index (χ4v) is 3.24. The first kappa shape index (κ1) is 20.1. The Kier molecular flexibility index (Phi) is 6.81. The number of nitrogens with one attached hydrogen (secondary N) is 1. The zero-order valence-corrected chi connectivity index (χ0v) is 16.6. The molecule has 1 fully saturated rings. The molecule has 28 heavy (non-hydrogen) atoms. The predicted molar refractivity (Wildman–Crippen MR) is 109 cm³/mol. The third-order valence-electron chi connectivity index (χ3n) is 4.99. The SMILES string of the molecule is Cc1ccc(CN(C)C(=O)NCCN2CCN(c3ccc(F)cc3)CC2)nc1. The maximum Gasteiger partial charge on any atom is 0.317 e. The van der Waals surface area contributed by atoms with Crippen molar-refractivity contribution in [1.82, 2.24) is 20.1 Å². The molecule has 0 aliphatic carbocycles. The lowest BCUT2D eigenvalue weighted by Gasteiger charge is -2.36. The Labute approximate surface area is 166 Å². The van der Waals surface area contributed by atoms with Gasteiger partial charge in [-0.2, -0.15) is 0 Å². The molecule has 0 atom stereocenters. The van der Waals surface area contributed by atoms with Gasteiger partial charge in [0.15, 0.2) is 0 Å². The maximum absolute atomic E-state index is 13.0. The van der Waals surface area contributed by atoms with Crippen LogP contribution in [0.3, 0.4) is 0 Å². The summed E-state index contributed by atoms with van der Waals surface area (Å²) in [7, 11) is 1.78. The van der Waals surface area contributed by atoms with Gasteiger partial charge in [-0.25, -0.2) is 9.18 Å². The molecule has 2 aromatic rings. The van der Waals surface area contributed by atoms with Crippen molar-refractivity contribution in [3.63, 3.8) is 0 Å². The number of amides is 2. The number of pyridine rings is 1. The van der Waals surface area contributed by atoms with Gasteiger partial charge in [-0.05, 0) is 42.8 Å². The molecule has 6 nitrogen and oxygen atoms in total. The molecule has 150 valence electrons. The van der Waals surface area contributed by atoms with Gasteiger partial charge in [0.05, 0.1) is 12.2 Å². The topological polar surface area (TPSA) is 51.7 Å². The first-order valence-corrected chi connectivity index (χ1v) is 9.64. The summed E-state index contributed by atoms with van der Waals surface area (Å²) in [6, 6.07) is 10.5. The van der Waals surface area contributed by atoms with E-state index in [0.29, 0.717) is 13.1 Å². The molecular weight excluding hydrogens is 357 g/mol. The molecule has 2 amide bonds.